The Labute approximate surface area is 200 Å². The van der Waals surface area contributed by atoms with E-state index in [1.807, 2.05) is 60.8 Å². The Morgan fingerprint density at radius 3 is 2.63 bits per heavy atom. The first-order valence-corrected chi connectivity index (χ1v) is 11.4. The molecule has 6 aromatic rings. The zero-order valence-corrected chi connectivity index (χ0v) is 19.3. The van der Waals surface area contributed by atoms with E-state index in [1.165, 1.54) is 4.68 Å². The third-order valence-corrected chi connectivity index (χ3v) is 6.19. The molecule has 0 bridgehead atoms. The van der Waals surface area contributed by atoms with Gasteiger partial charge < -0.3 is 13.7 Å². The quantitative estimate of drug-likeness (QED) is 0.309. The maximum Gasteiger partial charge on any atom is 0.282 e. The molecule has 7 heteroatoms. The summed E-state index contributed by atoms with van der Waals surface area (Å²) in [4.78, 5) is 18.3. The lowest BCUT2D eigenvalue weighted by Gasteiger charge is -2.07. The van der Waals surface area contributed by atoms with Crippen molar-refractivity contribution < 1.29 is 9.15 Å². The number of rotatable bonds is 5. The van der Waals surface area contributed by atoms with Crippen molar-refractivity contribution in [3.8, 4) is 17.3 Å². The third-order valence-electron chi connectivity index (χ3n) is 6.19. The summed E-state index contributed by atoms with van der Waals surface area (Å²) in [5, 5.41) is 6.97. The Morgan fingerprint density at radius 2 is 1.80 bits per heavy atom. The average Bonchev–Trinajstić information content (AvgIpc) is 3.49. The van der Waals surface area contributed by atoms with Crippen molar-refractivity contribution in [3.63, 3.8) is 0 Å². The summed E-state index contributed by atoms with van der Waals surface area (Å²) in [6.07, 6.45) is 3.75. The molecular weight excluding hydrogens is 440 g/mol. The summed E-state index contributed by atoms with van der Waals surface area (Å²) in [6, 6.07) is 22.8. The van der Waals surface area contributed by atoms with Gasteiger partial charge in [0, 0.05) is 29.2 Å². The van der Waals surface area contributed by atoms with Gasteiger partial charge in [-0.15, -0.1) is 0 Å². The van der Waals surface area contributed by atoms with Crippen LogP contribution in [0.25, 0.3) is 44.4 Å². The molecule has 0 fully saturated rings. The molecular formula is C28H22N4O3. The van der Waals surface area contributed by atoms with E-state index in [-0.39, 0.29) is 5.56 Å². The predicted octanol–water partition coefficient (Wildman–Crippen LogP) is 5.68. The number of ether oxygens (including phenoxy) is 1. The topological polar surface area (TPSA) is 74.6 Å². The van der Waals surface area contributed by atoms with Crippen molar-refractivity contribution in [2.45, 2.75) is 13.5 Å². The second-order valence-electron chi connectivity index (χ2n) is 8.18. The zero-order valence-electron chi connectivity index (χ0n) is 19.3. The second-order valence-corrected chi connectivity index (χ2v) is 8.18. The minimum absolute atomic E-state index is 0.270. The molecule has 0 unspecified atom stereocenters. The van der Waals surface area contributed by atoms with Crippen LogP contribution in [0.15, 0.2) is 93.3 Å². The summed E-state index contributed by atoms with van der Waals surface area (Å²) in [7, 11) is 1.61. The van der Waals surface area contributed by atoms with Gasteiger partial charge >= 0.3 is 0 Å². The van der Waals surface area contributed by atoms with E-state index in [4.69, 9.17) is 14.1 Å². The highest BCUT2D eigenvalue weighted by atomic mass is 16.5. The lowest BCUT2D eigenvalue weighted by Crippen LogP contribution is -2.20. The van der Waals surface area contributed by atoms with Crippen LogP contribution in [0.5, 0.6) is 5.75 Å². The van der Waals surface area contributed by atoms with E-state index in [0.717, 1.165) is 28.4 Å². The largest absolute Gasteiger partial charge is 0.496 e. The normalized spacial score (nSPS) is 11.8. The number of aryl methyl sites for hydroxylation is 1. The molecule has 0 aliphatic rings. The fourth-order valence-electron chi connectivity index (χ4n) is 4.47. The third kappa shape index (κ3) is 3.40. The molecule has 0 N–H and O–H groups in total. The molecule has 0 radical (unpaired) electrons. The van der Waals surface area contributed by atoms with Crippen molar-refractivity contribution in [2.24, 2.45) is 5.10 Å². The van der Waals surface area contributed by atoms with Gasteiger partial charge in [0.05, 0.1) is 29.6 Å². The van der Waals surface area contributed by atoms with Crippen LogP contribution in [0.2, 0.25) is 0 Å². The average molecular weight is 463 g/mol. The first-order valence-electron chi connectivity index (χ1n) is 11.4. The molecule has 7 nitrogen and oxygen atoms in total. The van der Waals surface area contributed by atoms with Gasteiger partial charge in [0.15, 0.2) is 5.76 Å². The molecule has 3 heterocycles. The lowest BCUT2D eigenvalue weighted by atomic mass is 10.2. The van der Waals surface area contributed by atoms with Gasteiger partial charge in [0.2, 0.25) is 5.82 Å². The van der Waals surface area contributed by atoms with Gasteiger partial charge in [-0.25, -0.2) is 4.98 Å². The standard InChI is InChI=1S/C28H22N4O3/c1-3-31-17-18(19-9-5-7-12-23(19)31)16-29-32-27(30-22-11-6-4-10-20(22)28(32)33)26-15-21-24(34-2)13-8-14-25(21)35-26/h4-17H,3H2,1-2H3. The monoisotopic (exact) mass is 462 g/mol. The number of benzene rings is 3. The van der Waals surface area contributed by atoms with Crippen LogP contribution in [-0.2, 0) is 6.54 Å². The summed E-state index contributed by atoms with van der Waals surface area (Å²) >= 11 is 0. The highest BCUT2D eigenvalue weighted by Gasteiger charge is 2.18. The Bertz CT molecular complexity index is 1810. The minimum Gasteiger partial charge on any atom is -0.496 e. The number of para-hydroxylation sites is 2. The van der Waals surface area contributed by atoms with Crippen LogP contribution in [-0.4, -0.2) is 27.6 Å². The molecule has 35 heavy (non-hydrogen) atoms. The fourth-order valence-corrected chi connectivity index (χ4v) is 4.47. The Hall–Kier alpha value is -4.65. The Kier molecular flexibility index (Phi) is 4.95. The molecule has 3 aromatic carbocycles. The van der Waals surface area contributed by atoms with Crippen LogP contribution in [0.3, 0.4) is 0 Å². The van der Waals surface area contributed by atoms with E-state index < -0.39 is 0 Å². The maximum atomic E-state index is 13.5. The van der Waals surface area contributed by atoms with Gasteiger partial charge in [0.25, 0.3) is 5.56 Å². The number of hydrogen-bond acceptors (Lipinski definition) is 5. The van der Waals surface area contributed by atoms with Gasteiger partial charge in [-0.2, -0.15) is 9.78 Å². The minimum atomic E-state index is -0.270. The molecule has 3 aromatic heterocycles. The number of methoxy groups -OCH3 is 1. The maximum absolute atomic E-state index is 13.5. The van der Waals surface area contributed by atoms with Gasteiger partial charge in [-0.3, -0.25) is 4.79 Å². The Balaban J connectivity index is 1.58. The van der Waals surface area contributed by atoms with E-state index in [9.17, 15) is 4.79 Å². The zero-order chi connectivity index (χ0) is 23.9. The van der Waals surface area contributed by atoms with Crippen molar-refractivity contribution in [1.82, 2.24) is 14.2 Å². The molecule has 0 aliphatic heterocycles. The Morgan fingerprint density at radius 1 is 1.00 bits per heavy atom. The van der Waals surface area contributed by atoms with Gasteiger partial charge in [-0.1, -0.05) is 36.4 Å². The highest BCUT2D eigenvalue weighted by molar-refractivity contribution is 5.99. The summed E-state index contributed by atoms with van der Waals surface area (Å²) < 4.78 is 15.1. The molecule has 0 spiro atoms. The number of nitrogens with zero attached hydrogens (tertiary/aromatic N) is 4. The molecule has 0 saturated carbocycles. The molecule has 0 saturated heterocycles. The van der Waals surface area contributed by atoms with Crippen LogP contribution < -0.4 is 10.3 Å². The lowest BCUT2D eigenvalue weighted by molar-refractivity contribution is 0.419. The highest BCUT2D eigenvalue weighted by Crippen LogP contribution is 2.33. The van der Waals surface area contributed by atoms with Crippen LogP contribution >= 0.6 is 0 Å². The number of hydrogen-bond donors (Lipinski definition) is 0. The SMILES string of the molecule is CCn1cc(C=Nn2c(-c3cc4c(OC)cccc4o3)nc3ccccc3c2=O)c2ccccc21. The first kappa shape index (κ1) is 20.9. The van der Waals surface area contributed by atoms with Crippen molar-refractivity contribution in [2.75, 3.05) is 7.11 Å². The summed E-state index contributed by atoms with van der Waals surface area (Å²) in [6.45, 7) is 2.93. The number of furan rings is 1. The van der Waals surface area contributed by atoms with Crippen molar-refractivity contribution >= 4 is 39.0 Å². The second kappa shape index (κ2) is 8.29. The van der Waals surface area contributed by atoms with Crippen molar-refractivity contribution in [1.29, 1.82) is 0 Å². The molecule has 0 amide bonds. The number of aromatic nitrogens is 3. The van der Waals surface area contributed by atoms with Gasteiger partial charge in [-0.05, 0) is 43.3 Å². The van der Waals surface area contributed by atoms with Crippen LogP contribution in [0.1, 0.15) is 12.5 Å². The van der Waals surface area contributed by atoms with Gasteiger partial charge in [0.1, 0.15) is 11.3 Å². The molecule has 0 atom stereocenters. The summed E-state index contributed by atoms with van der Waals surface area (Å²) in [5.74, 6) is 1.44. The smallest absolute Gasteiger partial charge is 0.282 e. The van der Waals surface area contributed by atoms with Crippen LogP contribution in [0.4, 0.5) is 0 Å². The number of fused-ring (bicyclic) bond motifs is 3. The predicted molar refractivity (Wildman–Crippen MR) is 138 cm³/mol. The first-order chi connectivity index (χ1) is 17.2. The molecule has 0 aliphatic carbocycles. The summed E-state index contributed by atoms with van der Waals surface area (Å²) in [5.41, 5.74) is 2.98. The van der Waals surface area contributed by atoms with E-state index in [0.29, 0.717) is 33.8 Å². The van der Waals surface area contributed by atoms with E-state index in [2.05, 4.69) is 28.7 Å². The van der Waals surface area contributed by atoms with Crippen LogP contribution in [0, 0.1) is 0 Å². The van der Waals surface area contributed by atoms with Crippen molar-refractivity contribution in [3.05, 3.63) is 94.9 Å². The molecule has 6 rings (SSSR count). The van der Waals surface area contributed by atoms with E-state index in [1.54, 1.807) is 19.4 Å². The van der Waals surface area contributed by atoms with E-state index >= 15 is 0 Å². The molecule has 172 valence electrons. The fraction of sp³-hybridized carbons (Fsp3) is 0.107.